The molecule has 0 spiro atoms. The van der Waals surface area contributed by atoms with E-state index in [1.54, 1.807) is 18.9 Å². The van der Waals surface area contributed by atoms with Gasteiger partial charge in [0.2, 0.25) is 0 Å². The summed E-state index contributed by atoms with van der Waals surface area (Å²) in [5, 5.41) is 12.2. The van der Waals surface area contributed by atoms with Crippen LogP contribution in [0.4, 0.5) is 0 Å². The molecule has 1 aromatic carbocycles. The van der Waals surface area contributed by atoms with Gasteiger partial charge >= 0.3 is 5.97 Å². The fourth-order valence-corrected chi connectivity index (χ4v) is 2.67. The Bertz CT molecular complexity index is 428. The molecule has 1 rings (SSSR count). The van der Waals surface area contributed by atoms with Crippen molar-refractivity contribution in [3.63, 3.8) is 0 Å². The minimum Gasteiger partial charge on any atom is -0.496 e. The maximum Gasteiger partial charge on any atom is 0.320 e. The molecule has 1 aromatic rings. The summed E-state index contributed by atoms with van der Waals surface area (Å²) in [6.07, 6.45) is 2.59. The van der Waals surface area contributed by atoms with E-state index < -0.39 is 12.0 Å². The van der Waals surface area contributed by atoms with E-state index >= 15 is 0 Å². The second-order valence-electron chi connectivity index (χ2n) is 4.02. The maximum absolute atomic E-state index is 11.1. The van der Waals surface area contributed by atoms with Gasteiger partial charge in [-0.2, -0.15) is 11.8 Å². The smallest absolute Gasteiger partial charge is 0.320 e. The molecule has 19 heavy (non-hydrogen) atoms. The Balaban J connectivity index is 2.58. The summed E-state index contributed by atoms with van der Waals surface area (Å²) < 4.78 is 6.02. The van der Waals surface area contributed by atoms with Crippen LogP contribution in [-0.4, -0.2) is 36.2 Å². The van der Waals surface area contributed by atoms with E-state index in [9.17, 15) is 4.79 Å². The van der Waals surface area contributed by atoms with Crippen molar-refractivity contribution >= 4 is 33.7 Å². The van der Waals surface area contributed by atoms with Crippen molar-refractivity contribution in [1.29, 1.82) is 0 Å². The molecule has 0 amide bonds. The van der Waals surface area contributed by atoms with E-state index in [1.165, 1.54) is 0 Å². The van der Waals surface area contributed by atoms with Crippen LogP contribution in [0.1, 0.15) is 12.0 Å². The van der Waals surface area contributed by atoms with Gasteiger partial charge in [0.1, 0.15) is 11.8 Å². The van der Waals surface area contributed by atoms with Gasteiger partial charge in [0.15, 0.2) is 0 Å². The summed E-state index contributed by atoms with van der Waals surface area (Å²) >= 11 is 5.06. The second kappa shape index (κ2) is 8.45. The summed E-state index contributed by atoms with van der Waals surface area (Å²) in [6, 6.07) is 5.20. The third-order valence-corrected chi connectivity index (χ3v) is 3.94. The van der Waals surface area contributed by atoms with Crippen LogP contribution in [-0.2, 0) is 11.3 Å². The third kappa shape index (κ3) is 5.42. The van der Waals surface area contributed by atoms with Gasteiger partial charge < -0.3 is 15.2 Å². The summed E-state index contributed by atoms with van der Waals surface area (Å²) in [4.78, 5) is 11.1. The number of aliphatic carboxylic acids is 1. The first-order chi connectivity index (χ1) is 9.08. The number of nitrogens with one attached hydrogen (secondary N) is 1. The lowest BCUT2D eigenvalue weighted by Gasteiger charge is -2.14. The van der Waals surface area contributed by atoms with Crippen LogP contribution >= 0.6 is 27.7 Å². The van der Waals surface area contributed by atoms with Crippen molar-refractivity contribution in [3.8, 4) is 5.75 Å². The number of hydrogen-bond acceptors (Lipinski definition) is 4. The molecule has 0 radical (unpaired) electrons. The van der Waals surface area contributed by atoms with Gasteiger partial charge in [-0.3, -0.25) is 4.79 Å². The minimum absolute atomic E-state index is 0.506. The van der Waals surface area contributed by atoms with Crippen LogP contribution < -0.4 is 10.1 Å². The molecule has 4 nitrogen and oxygen atoms in total. The van der Waals surface area contributed by atoms with Crippen molar-refractivity contribution in [2.45, 2.75) is 19.0 Å². The van der Waals surface area contributed by atoms with E-state index in [-0.39, 0.29) is 0 Å². The van der Waals surface area contributed by atoms with E-state index in [2.05, 4.69) is 21.2 Å². The standard InChI is InChI=1S/C13H18BrNO3S/c1-18-12-4-3-9(7-10(12)14)8-15-11(13(16)17)5-6-19-2/h3-4,7,11,15H,5-6,8H2,1-2H3,(H,16,17). The molecule has 0 aliphatic heterocycles. The first-order valence-electron chi connectivity index (χ1n) is 5.86. The Morgan fingerprint density at radius 3 is 2.84 bits per heavy atom. The average Bonchev–Trinajstić information content (AvgIpc) is 2.38. The molecule has 0 heterocycles. The number of halogens is 1. The molecular formula is C13H18BrNO3S. The lowest BCUT2D eigenvalue weighted by Crippen LogP contribution is -2.36. The van der Waals surface area contributed by atoms with Crippen molar-refractivity contribution in [2.75, 3.05) is 19.1 Å². The highest BCUT2D eigenvalue weighted by molar-refractivity contribution is 9.10. The van der Waals surface area contributed by atoms with Gasteiger partial charge in [-0.05, 0) is 52.1 Å². The summed E-state index contributed by atoms with van der Waals surface area (Å²) in [6.45, 7) is 0.522. The number of thioether (sulfide) groups is 1. The number of benzene rings is 1. The summed E-state index contributed by atoms with van der Waals surface area (Å²) in [5.74, 6) is 0.790. The predicted octanol–water partition coefficient (Wildman–Crippen LogP) is 2.75. The molecule has 0 fully saturated rings. The van der Waals surface area contributed by atoms with Gasteiger partial charge in [0.05, 0.1) is 11.6 Å². The molecule has 0 aliphatic carbocycles. The molecule has 1 atom stereocenters. The SMILES string of the molecule is COc1ccc(CNC(CCSC)C(=O)O)cc1Br. The van der Waals surface area contributed by atoms with E-state index in [1.807, 2.05) is 24.5 Å². The molecule has 0 aliphatic rings. The number of ether oxygens (including phenoxy) is 1. The van der Waals surface area contributed by atoms with Crippen LogP contribution in [0.3, 0.4) is 0 Å². The van der Waals surface area contributed by atoms with Crippen LogP contribution in [0.2, 0.25) is 0 Å². The fraction of sp³-hybridized carbons (Fsp3) is 0.462. The number of carbonyl (C=O) groups is 1. The Labute approximate surface area is 126 Å². The molecule has 2 N–H and O–H groups in total. The quantitative estimate of drug-likeness (QED) is 0.757. The van der Waals surface area contributed by atoms with Crippen LogP contribution in [0, 0.1) is 0 Å². The highest BCUT2D eigenvalue weighted by Gasteiger charge is 2.16. The first-order valence-corrected chi connectivity index (χ1v) is 8.04. The van der Waals surface area contributed by atoms with E-state index in [0.29, 0.717) is 13.0 Å². The number of methoxy groups -OCH3 is 1. The number of hydrogen-bond donors (Lipinski definition) is 2. The zero-order valence-corrected chi connectivity index (χ0v) is 13.4. The van der Waals surface area contributed by atoms with Crippen LogP contribution in [0.25, 0.3) is 0 Å². The lowest BCUT2D eigenvalue weighted by atomic mass is 10.2. The Morgan fingerprint density at radius 1 is 1.58 bits per heavy atom. The monoisotopic (exact) mass is 347 g/mol. The Kier molecular flexibility index (Phi) is 7.27. The highest BCUT2D eigenvalue weighted by Crippen LogP contribution is 2.25. The molecule has 1 unspecified atom stereocenters. The van der Waals surface area contributed by atoms with Gasteiger partial charge in [-0.25, -0.2) is 0 Å². The topological polar surface area (TPSA) is 58.6 Å². The van der Waals surface area contributed by atoms with Crippen molar-refractivity contribution in [1.82, 2.24) is 5.32 Å². The van der Waals surface area contributed by atoms with Gasteiger partial charge in [0, 0.05) is 6.54 Å². The zero-order chi connectivity index (χ0) is 14.3. The maximum atomic E-state index is 11.1. The molecule has 0 aromatic heterocycles. The molecule has 106 valence electrons. The molecule has 0 saturated heterocycles. The molecule has 0 bridgehead atoms. The molecular weight excluding hydrogens is 330 g/mol. The van der Waals surface area contributed by atoms with E-state index in [0.717, 1.165) is 21.5 Å². The van der Waals surface area contributed by atoms with Crippen LogP contribution in [0.15, 0.2) is 22.7 Å². The van der Waals surface area contributed by atoms with Crippen molar-refractivity contribution < 1.29 is 14.6 Å². The van der Waals surface area contributed by atoms with Gasteiger partial charge in [-0.15, -0.1) is 0 Å². The molecule has 6 heteroatoms. The van der Waals surface area contributed by atoms with E-state index in [4.69, 9.17) is 9.84 Å². The van der Waals surface area contributed by atoms with Gasteiger partial charge in [-0.1, -0.05) is 6.07 Å². The minimum atomic E-state index is -0.804. The summed E-state index contributed by atoms with van der Waals surface area (Å²) in [5.41, 5.74) is 1.02. The normalized spacial score (nSPS) is 12.2. The van der Waals surface area contributed by atoms with Crippen LogP contribution in [0.5, 0.6) is 5.75 Å². The van der Waals surface area contributed by atoms with Crippen molar-refractivity contribution in [3.05, 3.63) is 28.2 Å². The number of carboxylic acids is 1. The van der Waals surface area contributed by atoms with Crippen molar-refractivity contribution in [2.24, 2.45) is 0 Å². The third-order valence-electron chi connectivity index (χ3n) is 2.68. The average molecular weight is 348 g/mol. The Morgan fingerprint density at radius 2 is 2.32 bits per heavy atom. The first kappa shape index (κ1) is 16.3. The molecule has 0 saturated carbocycles. The highest BCUT2D eigenvalue weighted by atomic mass is 79.9. The number of carboxylic acid groups (broad SMARTS) is 1. The zero-order valence-electron chi connectivity index (χ0n) is 11.0. The predicted molar refractivity (Wildman–Crippen MR) is 82.0 cm³/mol. The fourth-order valence-electron chi connectivity index (χ4n) is 1.61. The summed E-state index contributed by atoms with van der Waals surface area (Å²) in [7, 11) is 1.61. The largest absolute Gasteiger partial charge is 0.496 e. The lowest BCUT2D eigenvalue weighted by molar-refractivity contribution is -0.139. The second-order valence-corrected chi connectivity index (χ2v) is 5.86. The Hall–Kier alpha value is -0.720. The van der Waals surface area contributed by atoms with Gasteiger partial charge in [0.25, 0.3) is 0 Å². The number of rotatable bonds is 8.